The second kappa shape index (κ2) is 7.06. The molecule has 4 nitrogen and oxygen atoms in total. The van der Waals surface area contributed by atoms with E-state index >= 15 is 0 Å². The van der Waals surface area contributed by atoms with Crippen molar-refractivity contribution in [2.75, 3.05) is 31.1 Å². The predicted octanol–water partition coefficient (Wildman–Crippen LogP) is 3.58. The molecule has 0 saturated carbocycles. The molecule has 0 spiro atoms. The summed E-state index contributed by atoms with van der Waals surface area (Å²) in [5, 5.41) is 0. The van der Waals surface area contributed by atoms with Crippen LogP contribution in [0.25, 0.3) is 0 Å². The van der Waals surface area contributed by atoms with Crippen molar-refractivity contribution in [3.05, 3.63) is 52.4 Å². The van der Waals surface area contributed by atoms with E-state index in [1.807, 2.05) is 17.0 Å². The summed E-state index contributed by atoms with van der Waals surface area (Å²) in [5.74, 6) is 0.884. The third kappa shape index (κ3) is 4.05. The highest BCUT2D eigenvalue weighted by Crippen LogP contribution is 2.30. The van der Waals surface area contributed by atoms with E-state index < -0.39 is 11.9 Å². The molecule has 0 unspecified atom stereocenters. The maximum atomic E-state index is 13.0. The van der Waals surface area contributed by atoms with E-state index in [-0.39, 0.29) is 12.1 Å². The van der Waals surface area contributed by atoms with Gasteiger partial charge >= 0.3 is 6.18 Å². The zero-order chi connectivity index (χ0) is 17.2. The van der Waals surface area contributed by atoms with Crippen LogP contribution in [0.5, 0.6) is 0 Å². The van der Waals surface area contributed by atoms with Crippen LogP contribution in [0.1, 0.15) is 11.3 Å². The smallest absolute Gasteiger partial charge is 0.354 e. The first-order valence-corrected chi connectivity index (χ1v) is 8.33. The van der Waals surface area contributed by atoms with E-state index in [2.05, 4.69) is 30.8 Å². The first kappa shape index (κ1) is 17.2. The van der Waals surface area contributed by atoms with Crippen LogP contribution < -0.4 is 4.90 Å². The molecule has 2 aromatic rings. The van der Waals surface area contributed by atoms with Gasteiger partial charge in [0.05, 0.1) is 0 Å². The number of nitrogens with zero attached hydrogens (tertiary/aromatic N) is 4. The molecule has 0 amide bonds. The molecule has 0 atom stereocenters. The average molecular weight is 401 g/mol. The number of rotatable bonds is 3. The third-order valence-corrected chi connectivity index (χ3v) is 4.43. The number of piperazine rings is 1. The van der Waals surface area contributed by atoms with Crippen LogP contribution in [-0.2, 0) is 12.7 Å². The molecule has 128 valence electrons. The Hall–Kier alpha value is -1.67. The van der Waals surface area contributed by atoms with Gasteiger partial charge in [-0.1, -0.05) is 6.07 Å². The first-order chi connectivity index (χ1) is 11.4. The number of halogens is 4. The second-order valence-corrected chi connectivity index (χ2v) is 6.52. The van der Waals surface area contributed by atoms with E-state index in [0.29, 0.717) is 13.1 Å². The fourth-order valence-corrected chi connectivity index (χ4v) is 2.99. The Morgan fingerprint density at radius 3 is 2.42 bits per heavy atom. The molecule has 1 aliphatic rings. The monoisotopic (exact) mass is 400 g/mol. The van der Waals surface area contributed by atoms with Crippen molar-refractivity contribution in [3.63, 3.8) is 0 Å². The van der Waals surface area contributed by atoms with E-state index in [1.54, 1.807) is 12.3 Å². The molecular weight excluding hydrogens is 385 g/mol. The third-order valence-electron chi connectivity index (χ3n) is 3.96. The summed E-state index contributed by atoms with van der Waals surface area (Å²) in [6, 6.07) is 6.91. The highest BCUT2D eigenvalue weighted by atomic mass is 79.9. The van der Waals surface area contributed by atoms with Gasteiger partial charge in [0.2, 0.25) is 0 Å². The van der Waals surface area contributed by atoms with Gasteiger partial charge < -0.3 is 4.90 Å². The van der Waals surface area contributed by atoms with Crippen LogP contribution in [0.2, 0.25) is 0 Å². The fraction of sp³-hybridized carbons (Fsp3) is 0.375. The number of hydrogen-bond donors (Lipinski definition) is 0. The highest BCUT2D eigenvalue weighted by Gasteiger charge is 2.35. The molecule has 0 N–H and O–H groups in total. The van der Waals surface area contributed by atoms with Crippen molar-refractivity contribution in [3.8, 4) is 0 Å². The van der Waals surface area contributed by atoms with Gasteiger partial charge in [0.15, 0.2) is 0 Å². The number of alkyl halides is 3. The summed E-state index contributed by atoms with van der Waals surface area (Å²) in [7, 11) is 0. The van der Waals surface area contributed by atoms with Gasteiger partial charge in [0, 0.05) is 49.6 Å². The Morgan fingerprint density at radius 2 is 1.79 bits per heavy atom. The summed E-state index contributed by atoms with van der Waals surface area (Å²) in [4.78, 5) is 12.0. The van der Waals surface area contributed by atoms with E-state index in [1.165, 1.54) is 12.3 Å². The molecular formula is C16H16BrF3N4. The lowest BCUT2D eigenvalue weighted by atomic mass is 10.1. The fourth-order valence-electron chi connectivity index (χ4n) is 2.75. The molecule has 24 heavy (non-hydrogen) atoms. The number of aromatic nitrogens is 2. The first-order valence-electron chi connectivity index (χ1n) is 7.53. The Bertz CT molecular complexity index is 682. The van der Waals surface area contributed by atoms with Crippen molar-refractivity contribution >= 4 is 21.7 Å². The quantitative estimate of drug-likeness (QED) is 0.787. The van der Waals surface area contributed by atoms with Gasteiger partial charge in [-0.25, -0.2) is 4.98 Å². The van der Waals surface area contributed by atoms with Gasteiger partial charge in [0.25, 0.3) is 0 Å². The predicted molar refractivity (Wildman–Crippen MR) is 88.7 cm³/mol. The molecule has 3 heterocycles. The number of anilines is 1. The van der Waals surface area contributed by atoms with Crippen molar-refractivity contribution in [2.45, 2.75) is 12.7 Å². The van der Waals surface area contributed by atoms with Crippen molar-refractivity contribution in [2.24, 2.45) is 0 Å². The van der Waals surface area contributed by atoms with Crippen molar-refractivity contribution < 1.29 is 13.2 Å². The zero-order valence-electron chi connectivity index (χ0n) is 12.8. The normalized spacial score (nSPS) is 16.4. The standard InChI is InChI=1S/C16H16BrF3N4/c17-13-3-4-14(22-10-13)24-8-6-23(7-9-24)11-12-2-1-5-21-15(12)16(18,19)20/h1-5,10H,6-9,11H2. The lowest BCUT2D eigenvalue weighted by Crippen LogP contribution is -2.46. The number of hydrogen-bond acceptors (Lipinski definition) is 4. The topological polar surface area (TPSA) is 32.3 Å². The van der Waals surface area contributed by atoms with E-state index in [0.717, 1.165) is 23.4 Å². The average Bonchev–Trinajstić information content (AvgIpc) is 2.56. The minimum absolute atomic E-state index is 0.222. The molecule has 2 aromatic heterocycles. The van der Waals surface area contributed by atoms with Gasteiger partial charge in [-0.3, -0.25) is 9.88 Å². The van der Waals surface area contributed by atoms with Crippen LogP contribution in [0.15, 0.2) is 41.1 Å². The molecule has 0 aliphatic carbocycles. The van der Waals surface area contributed by atoms with Crippen LogP contribution in [0.3, 0.4) is 0 Å². The van der Waals surface area contributed by atoms with Crippen LogP contribution >= 0.6 is 15.9 Å². The highest BCUT2D eigenvalue weighted by molar-refractivity contribution is 9.10. The Morgan fingerprint density at radius 1 is 1.04 bits per heavy atom. The zero-order valence-corrected chi connectivity index (χ0v) is 14.4. The minimum atomic E-state index is -4.42. The van der Waals surface area contributed by atoms with Crippen molar-refractivity contribution in [1.29, 1.82) is 0 Å². The second-order valence-electron chi connectivity index (χ2n) is 5.61. The molecule has 1 aliphatic heterocycles. The molecule has 1 saturated heterocycles. The van der Waals surface area contributed by atoms with E-state index in [4.69, 9.17) is 0 Å². The lowest BCUT2D eigenvalue weighted by Gasteiger charge is -2.35. The maximum Gasteiger partial charge on any atom is 0.433 e. The molecule has 0 aromatic carbocycles. The molecule has 0 radical (unpaired) electrons. The molecule has 0 bridgehead atoms. The summed E-state index contributed by atoms with van der Waals surface area (Å²) in [5.41, 5.74) is -0.567. The van der Waals surface area contributed by atoms with Gasteiger partial charge in [-0.05, 0) is 39.7 Å². The van der Waals surface area contributed by atoms with E-state index in [9.17, 15) is 13.2 Å². The van der Waals surface area contributed by atoms with Gasteiger partial charge in [0.1, 0.15) is 11.5 Å². The van der Waals surface area contributed by atoms with Crippen LogP contribution in [-0.4, -0.2) is 41.0 Å². The Kier molecular flexibility index (Phi) is 5.05. The molecule has 3 rings (SSSR count). The van der Waals surface area contributed by atoms with Crippen LogP contribution in [0.4, 0.5) is 19.0 Å². The summed E-state index contributed by atoms with van der Waals surface area (Å²) in [6.07, 6.45) is -1.49. The minimum Gasteiger partial charge on any atom is -0.354 e. The number of pyridine rings is 2. The summed E-state index contributed by atoms with van der Waals surface area (Å²) >= 11 is 3.35. The Balaban J connectivity index is 1.63. The lowest BCUT2D eigenvalue weighted by molar-refractivity contribution is -0.142. The van der Waals surface area contributed by atoms with Crippen LogP contribution in [0, 0.1) is 0 Å². The Labute approximate surface area is 146 Å². The molecule has 1 fully saturated rings. The van der Waals surface area contributed by atoms with Crippen molar-refractivity contribution in [1.82, 2.24) is 14.9 Å². The summed E-state index contributed by atoms with van der Waals surface area (Å²) < 4.78 is 40.0. The maximum absolute atomic E-state index is 13.0. The summed E-state index contributed by atoms with van der Waals surface area (Å²) in [6.45, 7) is 3.09. The molecule has 8 heteroatoms. The van der Waals surface area contributed by atoms with Gasteiger partial charge in [-0.2, -0.15) is 13.2 Å². The van der Waals surface area contributed by atoms with Gasteiger partial charge in [-0.15, -0.1) is 0 Å². The SMILES string of the molecule is FC(F)(F)c1ncccc1CN1CCN(c2ccc(Br)cn2)CC1. The largest absolute Gasteiger partial charge is 0.433 e.